The summed E-state index contributed by atoms with van der Waals surface area (Å²) in [5, 5.41) is 2.39. The van der Waals surface area contributed by atoms with E-state index in [9.17, 15) is 22.8 Å². The molecule has 0 fully saturated rings. The average molecular weight is 339 g/mol. The predicted octanol–water partition coefficient (Wildman–Crippen LogP) is 3.38. The third kappa shape index (κ3) is 5.64. The number of halogens is 3. The third-order valence-corrected chi connectivity index (χ3v) is 2.72. The summed E-state index contributed by atoms with van der Waals surface area (Å²) in [5.41, 5.74) is 0.546. The van der Waals surface area contributed by atoms with Gasteiger partial charge in [0.05, 0.1) is 5.56 Å². The lowest BCUT2D eigenvalue weighted by atomic mass is 10.2. The number of amides is 1. The summed E-state index contributed by atoms with van der Waals surface area (Å²) in [4.78, 5) is 23.3. The number of hydrogen-bond donors (Lipinski definition) is 1. The highest BCUT2D eigenvalue weighted by atomic mass is 19.4. The Bertz CT molecular complexity index is 700. The zero-order chi connectivity index (χ0) is 17.6. The second-order valence-corrected chi connectivity index (χ2v) is 4.56. The molecular weight excluding hydrogens is 327 g/mol. The van der Waals surface area contributed by atoms with E-state index in [-0.39, 0.29) is 5.69 Å². The molecule has 0 aliphatic rings. The quantitative estimate of drug-likeness (QED) is 0.848. The van der Waals surface area contributed by atoms with Gasteiger partial charge in [0.1, 0.15) is 5.75 Å². The van der Waals surface area contributed by atoms with Crippen LogP contribution in [0.1, 0.15) is 10.4 Å². The molecular formula is C16H12F3NO4. The van der Waals surface area contributed by atoms with E-state index in [1.54, 1.807) is 30.3 Å². The van der Waals surface area contributed by atoms with Gasteiger partial charge in [0.2, 0.25) is 0 Å². The van der Waals surface area contributed by atoms with Gasteiger partial charge in [-0.3, -0.25) is 4.79 Å². The fourth-order valence-corrected chi connectivity index (χ4v) is 1.73. The molecule has 0 heterocycles. The summed E-state index contributed by atoms with van der Waals surface area (Å²) in [6.45, 7) is -0.519. The minimum absolute atomic E-state index is 0.241. The summed E-state index contributed by atoms with van der Waals surface area (Å²) in [7, 11) is 0. The molecule has 0 aliphatic carbocycles. The molecule has 24 heavy (non-hydrogen) atoms. The molecule has 2 aromatic carbocycles. The third-order valence-electron chi connectivity index (χ3n) is 2.72. The van der Waals surface area contributed by atoms with Crippen LogP contribution >= 0.6 is 0 Å². The van der Waals surface area contributed by atoms with Gasteiger partial charge in [-0.05, 0) is 36.4 Å². The maximum atomic E-state index is 12.0. The van der Waals surface area contributed by atoms with Gasteiger partial charge in [0.15, 0.2) is 6.61 Å². The lowest BCUT2D eigenvalue weighted by Gasteiger charge is -2.10. The zero-order valence-electron chi connectivity index (χ0n) is 12.2. The van der Waals surface area contributed by atoms with E-state index >= 15 is 0 Å². The normalized spacial score (nSPS) is 10.8. The van der Waals surface area contributed by atoms with Gasteiger partial charge in [0, 0.05) is 5.69 Å². The van der Waals surface area contributed by atoms with Crippen LogP contribution in [0.4, 0.5) is 18.9 Å². The molecule has 0 bridgehead atoms. The van der Waals surface area contributed by atoms with Crippen LogP contribution in [-0.2, 0) is 9.53 Å². The van der Waals surface area contributed by atoms with Crippen LogP contribution in [0.5, 0.6) is 5.75 Å². The number of anilines is 1. The number of alkyl halides is 3. The number of hydrogen-bond acceptors (Lipinski definition) is 4. The van der Waals surface area contributed by atoms with E-state index in [0.29, 0.717) is 5.56 Å². The Morgan fingerprint density at radius 1 is 0.958 bits per heavy atom. The number of nitrogens with one attached hydrogen (secondary N) is 1. The molecule has 0 unspecified atom stereocenters. The van der Waals surface area contributed by atoms with Gasteiger partial charge >= 0.3 is 12.3 Å². The first-order valence-electron chi connectivity index (χ1n) is 6.71. The second kappa shape index (κ2) is 7.49. The van der Waals surface area contributed by atoms with Gasteiger partial charge in [-0.25, -0.2) is 4.79 Å². The van der Waals surface area contributed by atoms with Crippen molar-refractivity contribution in [2.24, 2.45) is 0 Å². The Labute approximate surface area is 135 Å². The van der Waals surface area contributed by atoms with E-state index in [2.05, 4.69) is 10.1 Å². The Kier molecular flexibility index (Phi) is 5.41. The monoisotopic (exact) mass is 339 g/mol. The lowest BCUT2D eigenvalue weighted by molar-refractivity contribution is -0.274. The molecule has 5 nitrogen and oxygen atoms in total. The minimum atomic E-state index is -4.78. The van der Waals surface area contributed by atoms with E-state index in [1.807, 2.05) is 0 Å². The van der Waals surface area contributed by atoms with Crippen LogP contribution in [-0.4, -0.2) is 24.8 Å². The summed E-state index contributed by atoms with van der Waals surface area (Å²) < 4.78 is 44.6. The first-order valence-corrected chi connectivity index (χ1v) is 6.71. The van der Waals surface area contributed by atoms with Crippen LogP contribution in [0.25, 0.3) is 0 Å². The van der Waals surface area contributed by atoms with Crippen molar-refractivity contribution in [2.45, 2.75) is 6.36 Å². The summed E-state index contributed by atoms with van der Waals surface area (Å²) in [6.07, 6.45) is -4.78. The van der Waals surface area contributed by atoms with Crippen molar-refractivity contribution in [2.75, 3.05) is 11.9 Å². The number of carbonyl (C=O) groups is 2. The highest BCUT2D eigenvalue weighted by Gasteiger charge is 2.30. The van der Waals surface area contributed by atoms with Crippen molar-refractivity contribution in [3.05, 3.63) is 60.2 Å². The van der Waals surface area contributed by atoms with Gasteiger partial charge in [-0.15, -0.1) is 13.2 Å². The van der Waals surface area contributed by atoms with E-state index < -0.39 is 30.6 Å². The molecule has 0 saturated carbocycles. The van der Waals surface area contributed by atoms with Crippen molar-refractivity contribution >= 4 is 17.6 Å². The van der Waals surface area contributed by atoms with Crippen molar-refractivity contribution < 1.29 is 32.2 Å². The highest BCUT2D eigenvalue weighted by molar-refractivity contribution is 5.95. The molecule has 2 aromatic rings. The topological polar surface area (TPSA) is 64.6 Å². The first-order chi connectivity index (χ1) is 11.3. The average Bonchev–Trinajstić information content (AvgIpc) is 2.54. The molecule has 0 aromatic heterocycles. The Morgan fingerprint density at radius 2 is 1.58 bits per heavy atom. The van der Waals surface area contributed by atoms with Crippen molar-refractivity contribution in [1.82, 2.24) is 0 Å². The molecule has 8 heteroatoms. The van der Waals surface area contributed by atoms with Gasteiger partial charge in [-0.2, -0.15) is 0 Å². The van der Waals surface area contributed by atoms with Crippen LogP contribution < -0.4 is 10.1 Å². The highest BCUT2D eigenvalue weighted by Crippen LogP contribution is 2.23. The fraction of sp³-hybridized carbons (Fsp3) is 0.125. The number of ether oxygens (including phenoxy) is 2. The SMILES string of the molecule is O=C(COC(=O)c1ccccc1)Nc1ccc(OC(F)(F)F)cc1. The first kappa shape index (κ1) is 17.3. The standard InChI is InChI=1S/C16H12F3NO4/c17-16(18,19)24-13-8-6-12(7-9-13)20-14(21)10-23-15(22)11-4-2-1-3-5-11/h1-9H,10H2,(H,20,21). The van der Waals surface area contributed by atoms with Crippen LogP contribution in [0.2, 0.25) is 0 Å². The second-order valence-electron chi connectivity index (χ2n) is 4.56. The van der Waals surface area contributed by atoms with Crippen LogP contribution in [0, 0.1) is 0 Å². The maximum absolute atomic E-state index is 12.0. The van der Waals surface area contributed by atoms with Gasteiger partial charge in [-0.1, -0.05) is 18.2 Å². The number of rotatable bonds is 5. The van der Waals surface area contributed by atoms with Crippen LogP contribution in [0.3, 0.4) is 0 Å². The van der Waals surface area contributed by atoms with Crippen LogP contribution in [0.15, 0.2) is 54.6 Å². The van der Waals surface area contributed by atoms with Crippen molar-refractivity contribution in [3.8, 4) is 5.75 Å². The predicted molar refractivity (Wildman–Crippen MR) is 78.5 cm³/mol. The number of benzene rings is 2. The molecule has 2 rings (SSSR count). The smallest absolute Gasteiger partial charge is 0.452 e. The number of carbonyl (C=O) groups excluding carboxylic acids is 2. The Hall–Kier alpha value is -3.03. The van der Waals surface area contributed by atoms with Gasteiger partial charge in [0.25, 0.3) is 5.91 Å². The fourth-order valence-electron chi connectivity index (χ4n) is 1.73. The summed E-state index contributed by atoms with van der Waals surface area (Å²) in [5.74, 6) is -1.68. The van der Waals surface area contributed by atoms with E-state index in [4.69, 9.17) is 4.74 Å². The van der Waals surface area contributed by atoms with Crippen molar-refractivity contribution in [1.29, 1.82) is 0 Å². The lowest BCUT2D eigenvalue weighted by Crippen LogP contribution is -2.21. The number of esters is 1. The van der Waals surface area contributed by atoms with Crippen molar-refractivity contribution in [3.63, 3.8) is 0 Å². The Balaban J connectivity index is 1.83. The molecule has 0 aliphatic heterocycles. The molecule has 0 spiro atoms. The van der Waals surface area contributed by atoms with Gasteiger partial charge < -0.3 is 14.8 Å². The zero-order valence-corrected chi connectivity index (χ0v) is 12.2. The van der Waals surface area contributed by atoms with E-state index in [0.717, 1.165) is 12.1 Å². The summed E-state index contributed by atoms with van der Waals surface area (Å²) >= 11 is 0. The largest absolute Gasteiger partial charge is 0.573 e. The molecule has 1 N–H and O–H groups in total. The molecule has 0 atom stereocenters. The maximum Gasteiger partial charge on any atom is 0.573 e. The summed E-state index contributed by atoms with van der Waals surface area (Å²) in [6, 6.07) is 12.7. The minimum Gasteiger partial charge on any atom is -0.452 e. The molecule has 0 radical (unpaired) electrons. The Morgan fingerprint density at radius 3 is 2.17 bits per heavy atom. The molecule has 126 valence electrons. The molecule has 0 saturated heterocycles. The van der Waals surface area contributed by atoms with E-state index in [1.165, 1.54) is 12.1 Å². The molecule has 1 amide bonds.